The topological polar surface area (TPSA) is 95.6 Å². The molecule has 5 N–H and O–H groups in total. The predicted octanol–water partition coefficient (Wildman–Crippen LogP) is 0.867. The number of hydrogen-bond acceptors (Lipinski definition) is 4. The summed E-state index contributed by atoms with van der Waals surface area (Å²) < 4.78 is 0. The number of aliphatic hydroxyl groups is 1. The molecule has 1 saturated carbocycles. The Morgan fingerprint density at radius 3 is 2.72 bits per heavy atom. The van der Waals surface area contributed by atoms with Gasteiger partial charge in [-0.05, 0) is 42.9 Å². The summed E-state index contributed by atoms with van der Waals surface area (Å²) in [6.45, 7) is 0.718. The van der Waals surface area contributed by atoms with E-state index >= 15 is 0 Å². The van der Waals surface area contributed by atoms with Gasteiger partial charge in [0.2, 0.25) is 0 Å². The molecule has 0 saturated heterocycles. The number of amides is 1. The van der Waals surface area contributed by atoms with Crippen LogP contribution in [0.2, 0.25) is 0 Å². The van der Waals surface area contributed by atoms with E-state index in [1.165, 1.54) is 12.1 Å². The molecule has 1 aliphatic rings. The lowest BCUT2D eigenvalue weighted by Gasteiger charge is -2.14. The molecule has 1 fully saturated rings. The maximum Gasteiger partial charge on any atom is 0.251 e. The largest absolute Gasteiger partial charge is 0.506 e. The summed E-state index contributed by atoms with van der Waals surface area (Å²) in [5, 5.41) is 21.2. The monoisotopic (exact) mass is 250 g/mol. The highest BCUT2D eigenvalue weighted by Gasteiger charge is 2.41. The Bertz CT molecular complexity index is 456. The Morgan fingerprint density at radius 1 is 1.44 bits per heavy atom. The minimum absolute atomic E-state index is 0.0836. The quantitative estimate of drug-likeness (QED) is 0.460. The minimum Gasteiger partial charge on any atom is -0.506 e. The average molecular weight is 250 g/mol. The molecule has 1 amide bonds. The summed E-state index contributed by atoms with van der Waals surface area (Å²) in [4.78, 5) is 11.9. The van der Waals surface area contributed by atoms with Gasteiger partial charge in [0.1, 0.15) is 5.75 Å². The van der Waals surface area contributed by atoms with E-state index in [1.807, 2.05) is 0 Å². The third kappa shape index (κ3) is 2.73. The number of carbonyl (C=O) groups is 1. The van der Waals surface area contributed by atoms with Gasteiger partial charge in [0.25, 0.3) is 5.91 Å². The van der Waals surface area contributed by atoms with E-state index in [1.54, 1.807) is 6.07 Å². The fourth-order valence-corrected chi connectivity index (χ4v) is 1.98. The first-order valence-corrected chi connectivity index (χ1v) is 6.04. The third-order valence-electron chi connectivity index (χ3n) is 3.52. The van der Waals surface area contributed by atoms with Crippen LogP contribution in [0.15, 0.2) is 18.2 Å². The van der Waals surface area contributed by atoms with Crippen LogP contribution in [0.4, 0.5) is 5.69 Å². The number of phenolic OH excluding ortho intramolecular Hbond substituents is 1. The van der Waals surface area contributed by atoms with Crippen LogP contribution in [0.1, 0.15) is 29.6 Å². The molecule has 1 aromatic rings. The highest BCUT2D eigenvalue weighted by molar-refractivity contribution is 5.95. The second kappa shape index (κ2) is 4.86. The van der Waals surface area contributed by atoms with Crippen LogP contribution in [0, 0.1) is 5.41 Å². The first-order valence-electron chi connectivity index (χ1n) is 6.04. The van der Waals surface area contributed by atoms with Crippen LogP contribution in [0.25, 0.3) is 0 Å². The molecule has 0 atom stereocenters. The first-order chi connectivity index (χ1) is 8.56. The fourth-order valence-electron chi connectivity index (χ4n) is 1.98. The predicted molar refractivity (Wildman–Crippen MR) is 68.2 cm³/mol. The van der Waals surface area contributed by atoms with E-state index in [2.05, 4.69) is 5.32 Å². The third-order valence-corrected chi connectivity index (χ3v) is 3.52. The lowest BCUT2D eigenvalue weighted by Crippen LogP contribution is -2.30. The smallest absolute Gasteiger partial charge is 0.251 e. The van der Waals surface area contributed by atoms with Gasteiger partial charge in [-0.1, -0.05) is 0 Å². The molecule has 0 aliphatic heterocycles. The second-order valence-electron chi connectivity index (χ2n) is 4.93. The average Bonchev–Trinajstić information content (AvgIpc) is 3.11. The maximum atomic E-state index is 11.9. The zero-order valence-corrected chi connectivity index (χ0v) is 10.1. The standard InChI is InChI=1S/C13H18N2O3/c14-10-2-1-9(7-11(10)17)12(18)15-8-13(3-4-13)5-6-16/h1-2,7,16-17H,3-6,8,14H2,(H,15,18). The van der Waals surface area contributed by atoms with Crippen LogP contribution < -0.4 is 11.1 Å². The number of aliphatic hydroxyl groups excluding tert-OH is 1. The molecular weight excluding hydrogens is 232 g/mol. The van der Waals surface area contributed by atoms with Gasteiger partial charge in [-0.3, -0.25) is 4.79 Å². The molecule has 5 nitrogen and oxygen atoms in total. The molecule has 0 heterocycles. The van der Waals surface area contributed by atoms with Gasteiger partial charge in [-0.2, -0.15) is 0 Å². The Kier molecular flexibility index (Phi) is 3.43. The number of aromatic hydroxyl groups is 1. The normalized spacial score (nSPS) is 16.3. The van der Waals surface area contributed by atoms with Crippen LogP contribution in [0.5, 0.6) is 5.75 Å². The molecule has 0 aromatic heterocycles. The molecule has 5 heteroatoms. The molecule has 1 aliphatic carbocycles. The van der Waals surface area contributed by atoms with E-state index in [0.29, 0.717) is 12.1 Å². The van der Waals surface area contributed by atoms with Crippen molar-refractivity contribution in [2.75, 3.05) is 18.9 Å². The van der Waals surface area contributed by atoms with Crippen molar-refractivity contribution in [3.8, 4) is 5.75 Å². The molecule has 0 bridgehead atoms. The number of rotatable bonds is 5. The number of nitrogen functional groups attached to an aromatic ring is 1. The van der Waals surface area contributed by atoms with E-state index in [9.17, 15) is 9.90 Å². The van der Waals surface area contributed by atoms with Crippen molar-refractivity contribution >= 4 is 11.6 Å². The Hall–Kier alpha value is -1.75. The fraction of sp³-hybridized carbons (Fsp3) is 0.462. The number of nitrogens with one attached hydrogen (secondary N) is 1. The number of carbonyl (C=O) groups excluding carboxylic acids is 1. The van der Waals surface area contributed by atoms with Crippen molar-refractivity contribution in [3.05, 3.63) is 23.8 Å². The van der Waals surface area contributed by atoms with E-state index < -0.39 is 0 Å². The van der Waals surface area contributed by atoms with Crippen LogP contribution in [-0.4, -0.2) is 29.3 Å². The minimum atomic E-state index is -0.227. The summed E-state index contributed by atoms with van der Waals surface area (Å²) in [6.07, 6.45) is 2.81. The number of anilines is 1. The summed E-state index contributed by atoms with van der Waals surface area (Å²) in [5.41, 5.74) is 6.20. The van der Waals surface area contributed by atoms with Gasteiger partial charge < -0.3 is 21.3 Å². The number of hydrogen-bond donors (Lipinski definition) is 4. The molecule has 18 heavy (non-hydrogen) atoms. The summed E-state index contributed by atoms with van der Waals surface area (Å²) in [7, 11) is 0. The van der Waals surface area contributed by atoms with Gasteiger partial charge in [-0.15, -0.1) is 0 Å². The zero-order valence-electron chi connectivity index (χ0n) is 10.1. The first kappa shape index (κ1) is 12.7. The SMILES string of the molecule is Nc1ccc(C(=O)NCC2(CCO)CC2)cc1O. The Balaban J connectivity index is 1.93. The molecule has 0 spiro atoms. The lowest BCUT2D eigenvalue weighted by atomic mass is 10.0. The van der Waals surface area contributed by atoms with Gasteiger partial charge in [0, 0.05) is 18.7 Å². The Morgan fingerprint density at radius 2 is 2.17 bits per heavy atom. The van der Waals surface area contributed by atoms with Crippen molar-refractivity contribution in [2.45, 2.75) is 19.3 Å². The van der Waals surface area contributed by atoms with Crippen LogP contribution >= 0.6 is 0 Å². The summed E-state index contributed by atoms with van der Waals surface area (Å²) in [6, 6.07) is 4.44. The molecular formula is C13H18N2O3. The van der Waals surface area contributed by atoms with Gasteiger partial charge in [-0.25, -0.2) is 0 Å². The molecule has 98 valence electrons. The molecule has 0 radical (unpaired) electrons. The lowest BCUT2D eigenvalue weighted by molar-refractivity contribution is 0.0940. The van der Waals surface area contributed by atoms with Crippen molar-refractivity contribution in [1.29, 1.82) is 0 Å². The van der Waals surface area contributed by atoms with Crippen molar-refractivity contribution in [1.82, 2.24) is 5.32 Å². The van der Waals surface area contributed by atoms with Crippen molar-refractivity contribution in [3.63, 3.8) is 0 Å². The molecule has 1 aromatic carbocycles. The van der Waals surface area contributed by atoms with Gasteiger partial charge in [0.05, 0.1) is 5.69 Å². The number of benzene rings is 1. The molecule has 0 unspecified atom stereocenters. The number of nitrogens with two attached hydrogens (primary N) is 1. The van der Waals surface area contributed by atoms with Crippen molar-refractivity contribution in [2.24, 2.45) is 5.41 Å². The van der Waals surface area contributed by atoms with Crippen LogP contribution in [0.3, 0.4) is 0 Å². The van der Waals surface area contributed by atoms with Gasteiger partial charge >= 0.3 is 0 Å². The maximum absolute atomic E-state index is 11.9. The van der Waals surface area contributed by atoms with E-state index in [4.69, 9.17) is 10.8 Å². The highest BCUT2D eigenvalue weighted by Crippen LogP contribution is 2.47. The van der Waals surface area contributed by atoms with E-state index in [0.717, 1.165) is 19.3 Å². The van der Waals surface area contributed by atoms with Crippen molar-refractivity contribution < 1.29 is 15.0 Å². The zero-order chi connectivity index (χ0) is 13.2. The number of phenols is 1. The second-order valence-corrected chi connectivity index (χ2v) is 4.93. The van der Waals surface area contributed by atoms with Crippen LogP contribution in [-0.2, 0) is 0 Å². The van der Waals surface area contributed by atoms with E-state index in [-0.39, 0.29) is 29.4 Å². The van der Waals surface area contributed by atoms with Gasteiger partial charge in [0.15, 0.2) is 0 Å². The summed E-state index contributed by atoms with van der Waals surface area (Å²) in [5.74, 6) is -0.311. The summed E-state index contributed by atoms with van der Waals surface area (Å²) >= 11 is 0. The Labute approximate surface area is 106 Å². The molecule has 2 rings (SSSR count). The highest BCUT2D eigenvalue weighted by atomic mass is 16.3.